The van der Waals surface area contributed by atoms with Crippen LogP contribution >= 0.6 is 34.4 Å². The van der Waals surface area contributed by atoms with Crippen LogP contribution in [0.3, 0.4) is 0 Å². The molecular weight excluding hydrogens is 324 g/mol. The smallest absolute Gasteiger partial charge is 0.260 e. The molecule has 0 fully saturated rings. The Bertz CT molecular complexity index is 834. The topological polar surface area (TPSA) is 62.8 Å². The molecule has 3 rings (SSSR count). The number of aromatic nitrogens is 2. The third-order valence-corrected chi connectivity index (χ3v) is 5.55. The quantitative estimate of drug-likeness (QED) is 0.569. The number of carbonyl (C=O) groups is 1. The fourth-order valence-corrected chi connectivity index (χ4v) is 4.63. The van der Waals surface area contributed by atoms with Crippen LogP contribution in [0.2, 0.25) is 0 Å². The average molecular weight is 336 g/mol. The lowest BCUT2D eigenvalue weighted by molar-refractivity contribution is -0.116. The Hall–Kier alpha value is -1.44. The highest BCUT2D eigenvalue weighted by atomic mass is 32.2. The van der Waals surface area contributed by atoms with Gasteiger partial charge in [-0.3, -0.25) is 9.59 Å². The SMILES string of the molecule is CC(=O)CCSc1nc2scc(-c3cccs3)c2c(=O)[nH]1. The van der Waals surface area contributed by atoms with Crippen molar-refractivity contribution < 1.29 is 4.79 Å². The van der Waals surface area contributed by atoms with Gasteiger partial charge in [0.05, 0.1) is 5.39 Å². The molecule has 1 N–H and O–H groups in total. The number of thioether (sulfide) groups is 1. The van der Waals surface area contributed by atoms with Gasteiger partial charge in [-0.15, -0.1) is 22.7 Å². The van der Waals surface area contributed by atoms with Crippen molar-refractivity contribution in [3.05, 3.63) is 33.2 Å². The molecule has 3 heterocycles. The van der Waals surface area contributed by atoms with E-state index >= 15 is 0 Å². The van der Waals surface area contributed by atoms with Gasteiger partial charge < -0.3 is 4.98 Å². The van der Waals surface area contributed by atoms with Gasteiger partial charge in [0.15, 0.2) is 5.16 Å². The minimum atomic E-state index is -0.116. The van der Waals surface area contributed by atoms with Crippen LogP contribution < -0.4 is 5.56 Å². The molecule has 21 heavy (non-hydrogen) atoms. The zero-order chi connectivity index (χ0) is 14.8. The summed E-state index contributed by atoms with van der Waals surface area (Å²) < 4.78 is 0. The monoisotopic (exact) mass is 336 g/mol. The Kier molecular flexibility index (Phi) is 4.23. The summed E-state index contributed by atoms with van der Waals surface area (Å²) in [6.45, 7) is 1.56. The highest BCUT2D eigenvalue weighted by Crippen LogP contribution is 2.33. The molecule has 0 atom stereocenters. The van der Waals surface area contributed by atoms with Crippen LogP contribution in [0.1, 0.15) is 13.3 Å². The number of H-pyrrole nitrogens is 1. The maximum Gasteiger partial charge on any atom is 0.260 e. The van der Waals surface area contributed by atoms with Gasteiger partial charge in [-0.2, -0.15) is 0 Å². The number of nitrogens with zero attached hydrogens (tertiary/aromatic N) is 1. The van der Waals surface area contributed by atoms with E-state index in [1.165, 1.54) is 23.1 Å². The predicted octanol–water partition coefficient (Wildman–Crippen LogP) is 3.78. The maximum atomic E-state index is 12.3. The summed E-state index contributed by atoms with van der Waals surface area (Å²) in [5.74, 6) is 0.773. The molecule has 108 valence electrons. The first kappa shape index (κ1) is 14.5. The minimum Gasteiger partial charge on any atom is -0.301 e. The number of fused-ring (bicyclic) bond motifs is 1. The van der Waals surface area contributed by atoms with Crippen LogP contribution in [-0.4, -0.2) is 21.5 Å². The summed E-state index contributed by atoms with van der Waals surface area (Å²) in [5, 5.41) is 5.20. The van der Waals surface area contributed by atoms with Gasteiger partial charge in [0.2, 0.25) is 0 Å². The van der Waals surface area contributed by atoms with E-state index < -0.39 is 0 Å². The van der Waals surface area contributed by atoms with Gasteiger partial charge in [0.25, 0.3) is 5.56 Å². The Morgan fingerprint density at radius 2 is 2.29 bits per heavy atom. The summed E-state index contributed by atoms with van der Waals surface area (Å²) in [7, 11) is 0. The van der Waals surface area contributed by atoms with Crippen LogP contribution in [0.4, 0.5) is 0 Å². The number of rotatable bonds is 5. The molecule has 0 unspecified atom stereocenters. The molecule has 3 aromatic rings. The van der Waals surface area contributed by atoms with Gasteiger partial charge in [-0.1, -0.05) is 17.8 Å². The molecule has 3 aromatic heterocycles. The third-order valence-electron chi connectivity index (χ3n) is 2.90. The number of ketones is 1. The number of hydrogen-bond acceptors (Lipinski definition) is 6. The largest absolute Gasteiger partial charge is 0.301 e. The van der Waals surface area contributed by atoms with E-state index in [4.69, 9.17) is 0 Å². The number of hydrogen-bond donors (Lipinski definition) is 1. The average Bonchev–Trinajstić information content (AvgIpc) is 3.06. The van der Waals surface area contributed by atoms with Crippen LogP contribution in [0, 0.1) is 0 Å². The second kappa shape index (κ2) is 6.13. The van der Waals surface area contributed by atoms with Gasteiger partial charge >= 0.3 is 0 Å². The number of Topliss-reactive ketones (excluding diaryl/α,β-unsaturated/α-hetero) is 1. The van der Waals surface area contributed by atoms with Gasteiger partial charge in [-0.25, -0.2) is 4.98 Å². The summed E-state index contributed by atoms with van der Waals surface area (Å²) in [6, 6.07) is 3.97. The zero-order valence-electron chi connectivity index (χ0n) is 11.2. The Labute approximate surface area is 133 Å². The lowest BCUT2D eigenvalue weighted by Crippen LogP contribution is -2.08. The molecule has 7 heteroatoms. The van der Waals surface area contributed by atoms with Gasteiger partial charge in [0, 0.05) is 28.0 Å². The van der Waals surface area contributed by atoms with Crippen molar-refractivity contribution in [2.45, 2.75) is 18.5 Å². The Morgan fingerprint density at radius 1 is 1.43 bits per heavy atom. The third kappa shape index (κ3) is 3.09. The second-order valence-electron chi connectivity index (χ2n) is 4.48. The molecule has 0 amide bonds. The molecule has 0 aliphatic carbocycles. The molecule has 0 radical (unpaired) electrons. The summed E-state index contributed by atoms with van der Waals surface area (Å²) in [6.07, 6.45) is 0.483. The van der Waals surface area contributed by atoms with Gasteiger partial charge in [0.1, 0.15) is 10.6 Å². The van der Waals surface area contributed by atoms with E-state index in [1.807, 2.05) is 22.9 Å². The number of thiophene rings is 2. The lowest BCUT2D eigenvalue weighted by atomic mass is 10.2. The maximum absolute atomic E-state index is 12.3. The summed E-state index contributed by atoms with van der Waals surface area (Å²) >= 11 is 4.49. The standard InChI is InChI=1S/C14H12N2O2S3/c1-8(17)4-6-20-14-15-12(18)11-9(7-21-13(11)16-14)10-3-2-5-19-10/h2-3,5,7H,4,6H2,1H3,(H,15,16,18). The highest BCUT2D eigenvalue weighted by molar-refractivity contribution is 7.99. The molecule has 0 spiro atoms. The first-order valence-electron chi connectivity index (χ1n) is 6.33. The van der Waals surface area contributed by atoms with Crippen molar-refractivity contribution in [1.29, 1.82) is 0 Å². The number of nitrogens with one attached hydrogen (secondary N) is 1. The molecule has 4 nitrogen and oxygen atoms in total. The molecule has 0 saturated heterocycles. The van der Waals surface area contributed by atoms with Crippen LogP contribution in [0.5, 0.6) is 0 Å². The molecular formula is C14H12N2O2S3. The molecule has 0 aliphatic heterocycles. The first-order valence-corrected chi connectivity index (χ1v) is 9.07. The minimum absolute atomic E-state index is 0.116. The van der Waals surface area contributed by atoms with E-state index in [0.717, 1.165) is 15.3 Å². The number of aromatic amines is 1. The summed E-state index contributed by atoms with van der Waals surface area (Å²) in [4.78, 5) is 32.4. The van der Waals surface area contributed by atoms with Crippen LogP contribution in [-0.2, 0) is 4.79 Å². The summed E-state index contributed by atoms with van der Waals surface area (Å²) in [5.41, 5.74) is 0.828. The predicted molar refractivity (Wildman–Crippen MR) is 89.6 cm³/mol. The first-order chi connectivity index (χ1) is 10.1. The van der Waals surface area contributed by atoms with E-state index in [9.17, 15) is 9.59 Å². The fourth-order valence-electron chi connectivity index (χ4n) is 1.90. The second-order valence-corrected chi connectivity index (χ2v) is 7.37. The van der Waals surface area contributed by atoms with Crippen LogP contribution in [0.15, 0.2) is 32.8 Å². The number of carbonyl (C=O) groups excluding carboxylic acids is 1. The van der Waals surface area contributed by atoms with E-state index in [2.05, 4.69) is 9.97 Å². The molecule has 0 aliphatic rings. The normalized spacial score (nSPS) is 11.1. The lowest BCUT2D eigenvalue weighted by Gasteiger charge is -2.00. The van der Waals surface area contributed by atoms with Crippen LogP contribution in [0.25, 0.3) is 20.7 Å². The molecule has 0 bridgehead atoms. The Balaban J connectivity index is 1.95. The van der Waals surface area contributed by atoms with Crippen molar-refractivity contribution in [2.75, 3.05) is 5.75 Å². The van der Waals surface area contributed by atoms with Crippen molar-refractivity contribution in [3.8, 4) is 10.4 Å². The molecule has 0 aromatic carbocycles. The molecule has 0 saturated carbocycles. The highest BCUT2D eigenvalue weighted by Gasteiger charge is 2.13. The van der Waals surface area contributed by atoms with E-state index in [-0.39, 0.29) is 11.3 Å². The van der Waals surface area contributed by atoms with Gasteiger partial charge in [-0.05, 0) is 18.4 Å². The van der Waals surface area contributed by atoms with Crippen molar-refractivity contribution >= 4 is 50.4 Å². The van der Waals surface area contributed by atoms with Crippen molar-refractivity contribution in [2.24, 2.45) is 0 Å². The van der Waals surface area contributed by atoms with Crippen molar-refractivity contribution in [1.82, 2.24) is 9.97 Å². The van der Waals surface area contributed by atoms with E-state index in [1.54, 1.807) is 18.3 Å². The fraction of sp³-hybridized carbons (Fsp3) is 0.214. The van der Waals surface area contributed by atoms with E-state index in [0.29, 0.717) is 22.7 Å². The van der Waals surface area contributed by atoms with Crippen molar-refractivity contribution in [3.63, 3.8) is 0 Å². The zero-order valence-corrected chi connectivity index (χ0v) is 13.7. The Morgan fingerprint density at radius 3 is 3.00 bits per heavy atom.